The maximum atomic E-state index is 12.6. The van der Waals surface area contributed by atoms with E-state index in [4.69, 9.17) is 0 Å². The Bertz CT molecular complexity index is 599. The first-order chi connectivity index (χ1) is 11.1. The molecule has 0 bridgehead atoms. The van der Waals surface area contributed by atoms with Crippen LogP contribution in [0.15, 0.2) is 54.9 Å². The van der Waals surface area contributed by atoms with Crippen LogP contribution in [0.2, 0.25) is 0 Å². The van der Waals surface area contributed by atoms with Crippen LogP contribution >= 0.6 is 0 Å². The summed E-state index contributed by atoms with van der Waals surface area (Å²) in [4.78, 5) is 18.4. The van der Waals surface area contributed by atoms with Crippen molar-refractivity contribution < 1.29 is 9.90 Å². The quantitative estimate of drug-likeness (QED) is 0.855. The molecule has 1 heterocycles. The summed E-state index contributed by atoms with van der Waals surface area (Å²) in [5.41, 5.74) is 2.14. The van der Waals surface area contributed by atoms with Crippen LogP contribution in [-0.2, 0) is 17.8 Å². The number of aliphatic hydroxyl groups excluding tert-OH is 1. The van der Waals surface area contributed by atoms with E-state index in [1.54, 1.807) is 17.3 Å². The van der Waals surface area contributed by atoms with Gasteiger partial charge < -0.3 is 10.0 Å². The summed E-state index contributed by atoms with van der Waals surface area (Å²) in [6.07, 6.45) is 3.26. The first-order valence-electron chi connectivity index (χ1n) is 7.97. The lowest BCUT2D eigenvalue weighted by molar-refractivity contribution is -0.143. The number of aromatic nitrogens is 1. The fraction of sp³-hybridized carbons (Fsp3) is 0.368. The predicted molar refractivity (Wildman–Crippen MR) is 90.6 cm³/mol. The average Bonchev–Trinajstić information content (AvgIpc) is 2.59. The SMILES string of the molecule is CC(C)C(O)C(=O)N(CCc1ccccc1)Cc1cccnc1. The first-order valence-corrected chi connectivity index (χ1v) is 7.97. The topological polar surface area (TPSA) is 53.4 Å². The van der Waals surface area contributed by atoms with E-state index in [-0.39, 0.29) is 11.8 Å². The minimum absolute atomic E-state index is 0.101. The molecule has 0 radical (unpaired) electrons. The zero-order chi connectivity index (χ0) is 16.7. The van der Waals surface area contributed by atoms with Gasteiger partial charge in [0.1, 0.15) is 6.10 Å². The Morgan fingerprint density at radius 1 is 1.13 bits per heavy atom. The van der Waals surface area contributed by atoms with Crippen LogP contribution in [-0.4, -0.2) is 33.5 Å². The van der Waals surface area contributed by atoms with Crippen molar-refractivity contribution in [2.24, 2.45) is 5.92 Å². The number of carbonyl (C=O) groups is 1. The first kappa shape index (κ1) is 17.2. The molecule has 0 aliphatic carbocycles. The van der Waals surface area contributed by atoms with Gasteiger partial charge in [0, 0.05) is 25.5 Å². The molecule has 0 aliphatic rings. The number of carbonyl (C=O) groups excluding carboxylic acids is 1. The Morgan fingerprint density at radius 2 is 1.83 bits per heavy atom. The van der Waals surface area contributed by atoms with Crippen LogP contribution in [0.25, 0.3) is 0 Å². The van der Waals surface area contributed by atoms with Gasteiger partial charge in [0.2, 0.25) is 0 Å². The summed E-state index contributed by atoms with van der Waals surface area (Å²) in [6, 6.07) is 13.9. The molecule has 1 aromatic carbocycles. The number of amides is 1. The van der Waals surface area contributed by atoms with Crippen molar-refractivity contribution in [2.45, 2.75) is 32.9 Å². The number of aliphatic hydroxyl groups is 1. The molecule has 1 N–H and O–H groups in total. The molecule has 0 saturated heterocycles. The lowest BCUT2D eigenvalue weighted by atomic mass is 10.1. The summed E-state index contributed by atoms with van der Waals surface area (Å²) in [6.45, 7) is 4.73. The largest absolute Gasteiger partial charge is 0.383 e. The summed E-state index contributed by atoms with van der Waals surface area (Å²) in [5.74, 6) is -0.324. The van der Waals surface area contributed by atoms with Gasteiger partial charge in [-0.15, -0.1) is 0 Å². The smallest absolute Gasteiger partial charge is 0.251 e. The van der Waals surface area contributed by atoms with E-state index in [2.05, 4.69) is 4.98 Å². The molecule has 0 saturated carbocycles. The average molecular weight is 312 g/mol. The molecule has 0 fully saturated rings. The molecule has 2 rings (SSSR count). The zero-order valence-corrected chi connectivity index (χ0v) is 13.7. The molecule has 2 aromatic rings. The highest BCUT2D eigenvalue weighted by Crippen LogP contribution is 2.11. The van der Waals surface area contributed by atoms with Gasteiger partial charge in [-0.1, -0.05) is 50.2 Å². The molecule has 4 heteroatoms. The number of hydrogen-bond acceptors (Lipinski definition) is 3. The van der Waals surface area contributed by atoms with Gasteiger partial charge in [0.15, 0.2) is 0 Å². The number of nitrogens with zero attached hydrogens (tertiary/aromatic N) is 2. The molecule has 1 aromatic heterocycles. The van der Waals surface area contributed by atoms with E-state index in [0.717, 1.165) is 12.0 Å². The van der Waals surface area contributed by atoms with Gasteiger partial charge in [0.25, 0.3) is 5.91 Å². The van der Waals surface area contributed by atoms with Crippen molar-refractivity contribution in [3.8, 4) is 0 Å². The Labute approximate surface area is 137 Å². The third kappa shape index (κ3) is 5.18. The van der Waals surface area contributed by atoms with E-state index in [0.29, 0.717) is 13.1 Å². The highest BCUT2D eigenvalue weighted by Gasteiger charge is 2.24. The maximum Gasteiger partial charge on any atom is 0.251 e. The molecular formula is C19H24N2O2. The normalized spacial score (nSPS) is 12.2. The third-order valence-corrected chi connectivity index (χ3v) is 3.81. The van der Waals surface area contributed by atoms with Crippen LogP contribution in [0.3, 0.4) is 0 Å². The van der Waals surface area contributed by atoms with E-state index in [9.17, 15) is 9.90 Å². The lowest BCUT2D eigenvalue weighted by Crippen LogP contribution is -2.42. The second-order valence-corrected chi connectivity index (χ2v) is 6.05. The molecule has 0 aliphatic heterocycles. The van der Waals surface area contributed by atoms with Gasteiger partial charge in [0.05, 0.1) is 0 Å². The van der Waals surface area contributed by atoms with E-state index in [1.165, 1.54) is 5.56 Å². The third-order valence-electron chi connectivity index (χ3n) is 3.81. The van der Waals surface area contributed by atoms with Gasteiger partial charge in [-0.25, -0.2) is 0 Å². The molecule has 23 heavy (non-hydrogen) atoms. The van der Waals surface area contributed by atoms with E-state index >= 15 is 0 Å². The Balaban J connectivity index is 2.08. The van der Waals surface area contributed by atoms with Gasteiger partial charge in [-0.3, -0.25) is 9.78 Å². The van der Waals surface area contributed by atoms with Crippen molar-refractivity contribution in [2.75, 3.05) is 6.54 Å². The van der Waals surface area contributed by atoms with E-state index < -0.39 is 6.10 Å². The highest BCUT2D eigenvalue weighted by atomic mass is 16.3. The lowest BCUT2D eigenvalue weighted by Gasteiger charge is -2.27. The van der Waals surface area contributed by atoms with Crippen molar-refractivity contribution in [1.29, 1.82) is 0 Å². The summed E-state index contributed by atoms with van der Waals surface area (Å²) >= 11 is 0. The Kier molecular flexibility index (Phi) is 6.29. The summed E-state index contributed by atoms with van der Waals surface area (Å²) < 4.78 is 0. The number of benzene rings is 1. The summed E-state index contributed by atoms with van der Waals surface area (Å²) in [7, 11) is 0. The molecular weight excluding hydrogens is 288 g/mol. The van der Waals surface area contributed by atoms with Crippen molar-refractivity contribution in [3.63, 3.8) is 0 Å². The highest BCUT2D eigenvalue weighted by molar-refractivity contribution is 5.80. The molecule has 1 atom stereocenters. The van der Waals surface area contributed by atoms with Crippen molar-refractivity contribution in [3.05, 3.63) is 66.0 Å². The predicted octanol–water partition coefficient (Wildman–Crippen LogP) is 2.67. The second kappa shape index (κ2) is 8.44. The van der Waals surface area contributed by atoms with Crippen LogP contribution in [0.5, 0.6) is 0 Å². The zero-order valence-electron chi connectivity index (χ0n) is 13.7. The summed E-state index contributed by atoms with van der Waals surface area (Å²) in [5, 5.41) is 10.1. The minimum atomic E-state index is -0.970. The van der Waals surface area contributed by atoms with Gasteiger partial charge in [-0.05, 0) is 29.5 Å². The minimum Gasteiger partial charge on any atom is -0.383 e. The molecule has 0 spiro atoms. The Hall–Kier alpha value is -2.20. The number of hydrogen-bond donors (Lipinski definition) is 1. The molecule has 1 amide bonds. The standard InChI is InChI=1S/C19H24N2O2/c1-15(2)18(22)19(23)21(14-17-9-6-11-20-13-17)12-10-16-7-4-3-5-8-16/h3-9,11,13,15,18,22H,10,12,14H2,1-2H3. The molecule has 4 nitrogen and oxygen atoms in total. The monoisotopic (exact) mass is 312 g/mol. The molecule has 1 unspecified atom stereocenters. The van der Waals surface area contributed by atoms with Crippen molar-refractivity contribution >= 4 is 5.91 Å². The number of pyridine rings is 1. The number of rotatable bonds is 7. The second-order valence-electron chi connectivity index (χ2n) is 6.05. The van der Waals surface area contributed by atoms with E-state index in [1.807, 2.05) is 56.3 Å². The van der Waals surface area contributed by atoms with Crippen molar-refractivity contribution in [1.82, 2.24) is 9.88 Å². The van der Waals surface area contributed by atoms with Gasteiger partial charge >= 0.3 is 0 Å². The fourth-order valence-electron chi connectivity index (χ4n) is 2.36. The van der Waals surface area contributed by atoms with Crippen LogP contribution in [0.1, 0.15) is 25.0 Å². The maximum absolute atomic E-state index is 12.6. The van der Waals surface area contributed by atoms with Gasteiger partial charge in [-0.2, -0.15) is 0 Å². The van der Waals surface area contributed by atoms with Crippen LogP contribution in [0.4, 0.5) is 0 Å². The Morgan fingerprint density at radius 3 is 2.43 bits per heavy atom. The molecule has 122 valence electrons. The fourth-order valence-corrected chi connectivity index (χ4v) is 2.36. The van der Waals surface area contributed by atoms with Crippen LogP contribution < -0.4 is 0 Å². The van der Waals surface area contributed by atoms with Crippen LogP contribution in [0, 0.1) is 5.92 Å².